The van der Waals surface area contributed by atoms with Crippen molar-refractivity contribution >= 4 is 11.6 Å². The maximum Gasteiger partial charge on any atom is 0.271 e. The molecular formula is C16H17N3O. The molecule has 0 saturated carbocycles. The molecule has 0 bridgehead atoms. The van der Waals surface area contributed by atoms with Crippen molar-refractivity contribution in [2.24, 2.45) is 5.10 Å². The SMILES string of the molecule is CC/C(=N\NC(=O)c1ccncc1)c1ccc(C)cc1. The van der Waals surface area contributed by atoms with Crippen LogP contribution in [-0.2, 0) is 0 Å². The molecule has 1 heterocycles. The quantitative estimate of drug-likeness (QED) is 0.684. The van der Waals surface area contributed by atoms with Gasteiger partial charge in [0.25, 0.3) is 5.91 Å². The second-order valence-electron chi connectivity index (χ2n) is 4.45. The van der Waals surface area contributed by atoms with Gasteiger partial charge in [0.05, 0.1) is 5.71 Å². The first kappa shape index (κ1) is 13.9. The second-order valence-corrected chi connectivity index (χ2v) is 4.45. The van der Waals surface area contributed by atoms with Crippen LogP contribution in [0.2, 0.25) is 0 Å². The molecule has 1 N–H and O–H groups in total. The summed E-state index contributed by atoms with van der Waals surface area (Å²) in [4.78, 5) is 15.8. The number of nitrogens with one attached hydrogen (secondary N) is 1. The van der Waals surface area contributed by atoms with Gasteiger partial charge in [0, 0.05) is 18.0 Å². The Morgan fingerprint density at radius 3 is 2.35 bits per heavy atom. The van der Waals surface area contributed by atoms with E-state index < -0.39 is 0 Å². The smallest absolute Gasteiger partial charge is 0.267 e. The Balaban J connectivity index is 2.12. The van der Waals surface area contributed by atoms with Gasteiger partial charge in [0.15, 0.2) is 0 Å². The van der Waals surface area contributed by atoms with Crippen molar-refractivity contribution in [3.63, 3.8) is 0 Å². The van der Waals surface area contributed by atoms with Crippen LogP contribution >= 0.6 is 0 Å². The van der Waals surface area contributed by atoms with E-state index in [9.17, 15) is 4.79 Å². The van der Waals surface area contributed by atoms with E-state index in [1.807, 2.05) is 38.1 Å². The highest BCUT2D eigenvalue weighted by atomic mass is 16.2. The molecule has 1 amide bonds. The van der Waals surface area contributed by atoms with E-state index in [4.69, 9.17) is 0 Å². The van der Waals surface area contributed by atoms with Crippen LogP contribution in [0.15, 0.2) is 53.9 Å². The van der Waals surface area contributed by atoms with Gasteiger partial charge in [-0.25, -0.2) is 5.43 Å². The molecule has 2 aromatic rings. The van der Waals surface area contributed by atoms with Gasteiger partial charge in [-0.2, -0.15) is 5.10 Å². The van der Waals surface area contributed by atoms with E-state index >= 15 is 0 Å². The summed E-state index contributed by atoms with van der Waals surface area (Å²) in [7, 11) is 0. The van der Waals surface area contributed by atoms with Crippen molar-refractivity contribution in [2.45, 2.75) is 20.3 Å². The van der Waals surface area contributed by atoms with Crippen molar-refractivity contribution in [2.75, 3.05) is 0 Å². The molecule has 0 fully saturated rings. The summed E-state index contributed by atoms with van der Waals surface area (Å²) in [6, 6.07) is 11.4. The van der Waals surface area contributed by atoms with Crippen LogP contribution in [0, 0.1) is 6.92 Å². The number of hydrazone groups is 1. The van der Waals surface area contributed by atoms with E-state index in [1.165, 1.54) is 5.56 Å². The highest BCUT2D eigenvalue weighted by molar-refractivity contribution is 6.02. The largest absolute Gasteiger partial charge is 0.271 e. The number of amides is 1. The zero-order chi connectivity index (χ0) is 14.4. The molecule has 0 saturated heterocycles. The molecular weight excluding hydrogens is 250 g/mol. The molecule has 20 heavy (non-hydrogen) atoms. The van der Waals surface area contributed by atoms with Gasteiger partial charge >= 0.3 is 0 Å². The molecule has 0 unspecified atom stereocenters. The summed E-state index contributed by atoms with van der Waals surface area (Å²) < 4.78 is 0. The van der Waals surface area contributed by atoms with Crippen LogP contribution in [0.1, 0.15) is 34.8 Å². The monoisotopic (exact) mass is 267 g/mol. The molecule has 4 nitrogen and oxygen atoms in total. The highest BCUT2D eigenvalue weighted by Crippen LogP contribution is 2.07. The molecule has 102 valence electrons. The summed E-state index contributed by atoms with van der Waals surface area (Å²) in [5, 5.41) is 4.22. The minimum Gasteiger partial charge on any atom is -0.267 e. The maximum absolute atomic E-state index is 11.9. The van der Waals surface area contributed by atoms with Crippen molar-refractivity contribution in [1.29, 1.82) is 0 Å². The van der Waals surface area contributed by atoms with Crippen LogP contribution in [0.4, 0.5) is 0 Å². The Bertz CT molecular complexity index is 603. The number of rotatable bonds is 4. The lowest BCUT2D eigenvalue weighted by molar-refractivity contribution is 0.0954. The fourth-order valence-corrected chi connectivity index (χ4v) is 1.78. The van der Waals surface area contributed by atoms with Gasteiger partial charge in [0.1, 0.15) is 0 Å². The summed E-state index contributed by atoms with van der Waals surface area (Å²) in [5.74, 6) is -0.231. The predicted octanol–water partition coefficient (Wildman–Crippen LogP) is 2.93. The number of carbonyl (C=O) groups is 1. The number of aromatic nitrogens is 1. The van der Waals surface area contributed by atoms with Crippen molar-refractivity contribution in [3.8, 4) is 0 Å². The van der Waals surface area contributed by atoms with Gasteiger partial charge in [-0.1, -0.05) is 36.8 Å². The van der Waals surface area contributed by atoms with Gasteiger partial charge < -0.3 is 0 Å². The average Bonchev–Trinajstić information content (AvgIpc) is 2.50. The fraction of sp³-hybridized carbons (Fsp3) is 0.188. The highest BCUT2D eigenvalue weighted by Gasteiger charge is 2.05. The number of hydrogen-bond acceptors (Lipinski definition) is 3. The molecule has 1 aromatic heterocycles. The van der Waals surface area contributed by atoms with Gasteiger partial charge in [-0.3, -0.25) is 9.78 Å². The van der Waals surface area contributed by atoms with Crippen LogP contribution in [0.5, 0.6) is 0 Å². The Hall–Kier alpha value is -2.49. The van der Waals surface area contributed by atoms with E-state index in [0.717, 1.165) is 17.7 Å². The normalized spacial score (nSPS) is 11.2. The third-order valence-electron chi connectivity index (χ3n) is 2.95. The third kappa shape index (κ3) is 3.51. The lowest BCUT2D eigenvalue weighted by Gasteiger charge is -2.05. The second kappa shape index (κ2) is 6.61. The third-order valence-corrected chi connectivity index (χ3v) is 2.95. The summed E-state index contributed by atoms with van der Waals surface area (Å²) in [6.07, 6.45) is 3.92. The zero-order valence-electron chi connectivity index (χ0n) is 11.6. The lowest BCUT2D eigenvalue weighted by Crippen LogP contribution is -2.20. The number of benzene rings is 1. The van der Waals surface area contributed by atoms with Crippen molar-refractivity contribution in [3.05, 3.63) is 65.5 Å². The molecule has 0 aliphatic carbocycles. The minimum absolute atomic E-state index is 0.231. The summed E-state index contributed by atoms with van der Waals surface area (Å²) in [5.41, 5.74) is 6.20. The first-order chi connectivity index (χ1) is 9.70. The van der Waals surface area contributed by atoms with E-state index in [-0.39, 0.29) is 5.91 Å². The van der Waals surface area contributed by atoms with E-state index in [2.05, 4.69) is 15.5 Å². The zero-order valence-corrected chi connectivity index (χ0v) is 11.6. The van der Waals surface area contributed by atoms with E-state index in [1.54, 1.807) is 24.5 Å². The Morgan fingerprint density at radius 1 is 1.10 bits per heavy atom. The fourth-order valence-electron chi connectivity index (χ4n) is 1.78. The Morgan fingerprint density at radius 2 is 1.75 bits per heavy atom. The number of carbonyl (C=O) groups excluding carboxylic acids is 1. The molecule has 1 aromatic carbocycles. The van der Waals surface area contributed by atoms with Crippen LogP contribution in [0.25, 0.3) is 0 Å². The van der Waals surface area contributed by atoms with Gasteiger partial charge in [-0.05, 0) is 31.0 Å². The topological polar surface area (TPSA) is 54.4 Å². The van der Waals surface area contributed by atoms with Gasteiger partial charge in [0.2, 0.25) is 0 Å². The molecule has 2 rings (SSSR count). The minimum atomic E-state index is -0.231. The van der Waals surface area contributed by atoms with Crippen LogP contribution in [-0.4, -0.2) is 16.6 Å². The maximum atomic E-state index is 11.9. The lowest BCUT2D eigenvalue weighted by atomic mass is 10.1. The molecule has 0 atom stereocenters. The molecule has 4 heteroatoms. The first-order valence-electron chi connectivity index (χ1n) is 6.54. The van der Waals surface area contributed by atoms with Crippen LogP contribution < -0.4 is 5.43 Å². The Labute approximate surface area is 118 Å². The average molecular weight is 267 g/mol. The Kier molecular flexibility index (Phi) is 4.60. The number of nitrogens with zero attached hydrogens (tertiary/aromatic N) is 2. The van der Waals surface area contributed by atoms with Gasteiger partial charge in [-0.15, -0.1) is 0 Å². The number of pyridine rings is 1. The van der Waals surface area contributed by atoms with Crippen molar-refractivity contribution in [1.82, 2.24) is 10.4 Å². The molecule has 0 radical (unpaired) electrons. The summed E-state index contributed by atoms with van der Waals surface area (Å²) >= 11 is 0. The predicted molar refractivity (Wildman–Crippen MR) is 79.7 cm³/mol. The molecule has 0 aliphatic heterocycles. The summed E-state index contributed by atoms with van der Waals surface area (Å²) in [6.45, 7) is 4.05. The first-order valence-corrected chi connectivity index (χ1v) is 6.54. The standard InChI is InChI=1S/C16H17N3O/c1-3-15(13-6-4-12(2)5-7-13)18-19-16(20)14-8-10-17-11-9-14/h4-11H,3H2,1-2H3,(H,19,20)/b18-15+. The van der Waals surface area contributed by atoms with Crippen molar-refractivity contribution < 1.29 is 4.79 Å². The number of aryl methyl sites for hydroxylation is 1. The number of hydrogen-bond donors (Lipinski definition) is 1. The molecule has 0 aliphatic rings. The van der Waals surface area contributed by atoms with E-state index in [0.29, 0.717) is 5.56 Å². The molecule has 0 spiro atoms. The van der Waals surface area contributed by atoms with Crippen LogP contribution in [0.3, 0.4) is 0 Å².